The van der Waals surface area contributed by atoms with Crippen molar-refractivity contribution in [3.8, 4) is 12.3 Å². The van der Waals surface area contributed by atoms with Gasteiger partial charge in [-0.1, -0.05) is 24.3 Å². The van der Waals surface area contributed by atoms with Gasteiger partial charge in [0.1, 0.15) is 0 Å². The molecule has 0 fully saturated rings. The number of aliphatic hydroxyl groups is 1. The lowest BCUT2D eigenvalue weighted by Gasteiger charge is -2.03. The van der Waals surface area contributed by atoms with E-state index in [0.717, 1.165) is 25.1 Å². The number of aliphatic hydroxyl groups excluding tert-OH is 1. The van der Waals surface area contributed by atoms with Crippen molar-refractivity contribution >= 4 is 0 Å². The molecule has 1 aromatic carbocycles. The van der Waals surface area contributed by atoms with Crippen molar-refractivity contribution in [2.75, 3.05) is 6.54 Å². The molecule has 0 aliphatic heterocycles. The Hall–Kier alpha value is -1.30. The van der Waals surface area contributed by atoms with Gasteiger partial charge in [-0.15, -0.1) is 12.3 Å². The molecular weight excluding hydrogens is 174 g/mol. The Balaban J connectivity index is 2.33. The molecule has 0 unspecified atom stereocenters. The fraction of sp³-hybridized carbons (Fsp3) is 0.333. The Morgan fingerprint density at radius 3 is 2.43 bits per heavy atom. The van der Waals surface area contributed by atoms with Crippen LogP contribution in [0, 0.1) is 12.3 Å². The first-order valence-corrected chi connectivity index (χ1v) is 4.69. The zero-order valence-electron chi connectivity index (χ0n) is 8.16. The summed E-state index contributed by atoms with van der Waals surface area (Å²) in [6.45, 7) is 1.77. The summed E-state index contributed by atoms with van der Waals surface area (Å²) in [5, 5.41) is 12.1. The molecule has 0 aliphatic carbocycles. The van der Waals surface area contributed by atoms with Crippen LogP contribution in [0.3, 0.4) is 0 Å². The molecule has 0 bridgehead atoms. The van der Waals surface area contributed by atoms with Gasteiger partial charge in [-0.25, -0.2) is 0 Å². The molecule has 2 heteroatoms. The third kappa shape index (κ3) is 3.61. The van der Waals surface area contributed by atoms with Crippen LogP contribution in [0.1, 0.15) is 17.5 Å². The molecule has 0 amide bonds. The van der Waals surface area contributed by atoms with E-state index in [9.17, 15) is 0 Å². The third-order valence-electron chi connectivity index (χ3n) is 1.98. The summed E-state index contributed by atoms with van der Waals surface area (Å²) >= 11 is 0. The second kappa shape index (κ2) is 6.20. The predicted octanol–water partition coefficient (Wildman–Crippen LogP) is 1.29. The molecule has 2 N–H and O–H groups in total. The normalized spacial score (nSPS) is 9.71. The average Bonchev–Trinajstić information content (AvgIpc) is 2.25. The zero-order chi connectivity index (χ0) is 10.2. The van der Waals surface area contributed by atoms with Crippen molar-refractivity contribution in [3.63, 3.8) is 0 Å². The minimum Gasteiger partial charge on any atom is -0.392 e. The van der Waals surface area contributed by atoms with Gasteiger partial charge in [0, 0.05) is 19.5 Å². The Morgan fingerprint density at radius 1 is 1.21 bits per heavy atom. The highest BCUT2D eigenvalue weighted by atomic mass is 16.3. The lowest BCUT2D eigenvalue weighted by atomic mass is 10.1. The van der Waals surface area contributed by atoms with E-state index in [2.05, 4.69) is 11.2 Å². The van der Waals surface area contributed by atoms with Gasteiger partial charge in [0.15, 0.2) is 0 Å². The SMILES string of the molecule is C#CCCNCc1ccc(CO)cc1. The van der Waals surface area contributed by atoms with Crippen molar-refractivity contribution in [2.24, 2.45) is 0 Å². The van der Waals surface area contributed by atoms with E-state index in [1.54, 1.807) is 0 Å². The van der Waals surface area contributed by atoms with Crippen LogP contribution in [0.15, 0.2) is 24.3 Å². The van der Waals surface area contributed by atoms with Crippen LogP contribution in [0.5, 0.6) is 0 Å². The maximum Gasteiger partial charge on any atom is 0.0681 e. The number of nitrogens with one attached hydrogen (secondary N) is 1. The van der Waals surface area contributed by atoms with Crippen molar-refractivity contribution in [2.45, 2.75) is 19.6 Å². The van der Waals surface area contributed by atoms with Gasteiger partial charge >= 0.3 is 0 Å². The Morgan fingerprint density at radius 2 is 1.86 bits per heavy atom. The Bertz CT molecular complexity index is 297. The van der Waals surface area contributed by atoms with Crippen LogP contribution in [0.2, 0.25) is 0 Å². The summed E-state index contributed by atoms with van der Waals surface area (Å²) < 4.78 is 0. The first kappa shape index (κ1) is 10.8. The highest BCUT2D eigenvalue weighted by Gasteiger charge is 1.92. The lowest BCUT2D eigenvalue weighted by molar-refractivity contribution is 0.282. The predicted molar refractivity (Wildman–Crippen MR) is 57.5 cm³/mol. The summed E-state index contributed by atoms with van der Waals surface area (Å²) in [6.07, 6.45) is 5.89. The molecule has 14 heavy (non-hydrogen) atoms. The van der Waals surface area contributed by atoms with E-state index in [-0.39, 0.29) is 6.61 Å². The molecule has 0 heterocycles. The summed E-state index contributed by atoms with van der Waals surface area (Å²) in [5.74, 6) is 2.58. The van der Waals surface area contributed by atoms with E-state index >= 15 is 0 Å². The molecule has 1 rings (SSSR count). The van der Waals surface area contributed by atoms with Crippen molar-refractivity contribution in [3.05, 3.63) is 35.4 Å². The second-order valence-electron chi connectivity index (χ2n) is 3.11. The van der Waals surface area contributed by atoms with Gasteiger partial charge in [-0.2, -0.15) is 0 Å². The highest BCUT2D eigenvalue weighted by molar-refractivity contribution is 5.21. The second-order valence-corrected chi connectivity index (χ2v) is 3.11. The fourth-order valence-electron chi connectivity index (χ4n) is 1.16. The van der Waals surface area contributed by atoms with Crippen LogP contribution in [-0.2, 0) is 13.2 Å². The summed E-state index contributed by atoms with van der Waals surface area (Å²) in [7, 11) is 0. The van der Waals surface area contributed by atoms with Gasteiger partial charge in [0.05, 0.1) is 6.61 Å². The van der Waals surface area contributed by atoms with Crippen LogP contribution < -0.4 is 5.32 Å². The van der Waals surface area contributed by atoms with Crippen LogP contribution in [0.25, 0.3) is 0 Å². The summed E-state index contributed by atoms with van der Waals surface area (Å²) in [4.78, 5) is 0. The van der Waals surface area contributed by atoms with E-state index in [4.69, 9.17) is 11.5 Å². The average molecular weight is 189 g/mol. The minimum absolute atomic E-state index is 0.102. The smallest absolute Gasteiger partial charge is 0.0681 e. The first-order valence-electron chi connectivity index (χ1n) is 4.69. The maximum atomic E-state index is 8.84. The standard InChI is InChI=1S/C12H15NO/c1-2-3-8-13-9-11-4-6-12(10-14)7-5-11/h1,4-7,13-14H,3,8-10H2. The van der Waals surface area contributed by atoms with Gasteiger partial charge < -0.3 is 10.4 Å². The van der Waals surface area contributed by atoms with Gasteiger partial charge in [-0.3, -0.25) is 0 Å². The molecule has 0 saturated carbocycles. The molecule has 2 nitrogen and oxygen atoms in total. The van der Waals surface area contributed by atoms with Gasteiger partial charge in [0.2, 0.25) is 0 Å². The first-order chi connectivity index (χ1) is 6.86. The largest absolute Gasteiger partial charge is 0.392 e. The van der Waals surface area contributed by atoms with Gasteiger partial charge in [0.25, 0.3) is 0 Å². The van der Waals surface area contributed by atoms with Gasteiger partial charge in [-0.05, 0) is 11.1 Å². The van der Waals surface area contributed by atoms with Crippen LogP contribution in [0.4, 0.5) is 0 Å². The minimum atomic E-state index is 0.102. The maximum absolute atomic E-state index is 8.84. The quantitative estimate of drug-likeness (QED) is 0.540. The van der Waals surface area contributed by atoms with Crippen LogP contribution in [-0.4, -0.2) is 11.7 Å². The summed E-state index contributed by atoms with van der Waals surface area (Å²) in [6, 6.07) is 7.87. The molecule has 74 valence electrons. The molecule has 1 aromatic rings. The Kier molecular flexibility index (Phi) is 4.77. The van der Waals surface area contributed by atoms with Crippen molar-refractivity contribution in [1.82, 2.24) is 5.32 Å². The molecule has 0 spiro atoms. The number of terminal acetylenes is 1. The van der Waals surface area contributed by atoms with E-state index in [1.165, 1.54) is 5.56 Å². The molecular formula is C12H15NO. The molecule has 0 saturated heterocycles. The molecule has 0 aromatic heterocycles. The number of hydrogen-bond acceptors (Lipinski definition) is 2. The number of hydrogen-bond donors (Lipinski definition) is 2. The molecule has 0 radical (unpaired) electrons. The lowest BCUT2D eigenvalue weighted by Crippen LogP contribution is -2.13. The zero-order valence-corrected chi connectivity index (χ0v) is 8.16. The molecule has 0 atom stereocenters. The van der Waals surface area contributed by atoms with Crippen LogP contribution >= 0.6 is 0 Å². The van der Waals surface area contributed by atoms with E-state index < -0.39 is 0 Å². The Labute approximate surface area is 85.0 Å². The summed E-state index contributed by atoms with van der Waals surface area (Å²) in [5.41, 5.74) is 2.15. The topological polar surface area (TPSA) is 32.3 Å². The number of benzene rings is 1. The monoisotopic (exact) mass is 189 g/mol. The van der Waals surface area contributed by atoms with Crippen molar-refractivity contribution < 1.29 is 5.11 Å². The third-order valence-corrected chi connectivity index (χ3v) is 1.98. The van der Waals surface area contributed by atoms with Crippen molar-refractivity contribution in [1.29, 1.82) is 0 Å². The fourth-order valence-corrected chi connectivity index (χ4v) is 1.16. The molecule has 0 aliphatic rings. The number of rotatable bonds is 5. The van der Waals surface area contributed by atoms with E-state index in [0.29, 0.717) is 0 Å². The highest BCUT2D eigenvalue weighted by Crippen LogP contribution is 2.03. The van der Waals surface area contributed by atoms with E-state index in [1.807, 2.05) is 24.3 Å².